The Kier molecular flexibility index (Phi) is 6.07. The van der Waals surface area contributed by atoms with Gasteiger partial charge >= 0.3 is 0 Å². The van der Waals surface area contributed by atoms with E-state index < -0.39 is 6.29 Å². The predicted molar refractivity (Wildman–Crippen MR) is 130 cm³/mol. The number of hydrogen-bond donors (Lipinski definition) is 1. The van der Waals surface area contributed by atoms with Crippen molar-refractivity contribution in [3.63, 3.8) is 0 Å². The summed E-state index contributed by atoms with van der Waals surface area (Å²) in [4.78, 5) is 24.0. The monoisotopic (exact) mass is 540 g/mol. The van der Waals surface area contributed by atoms with Gasteiger partial charge in [0.25, 0.3) is 12.0 Å². The van der Waals surface area contributed by atoms with Gasteiger partial charge in [-0.25, -0.2) is 15.0 Å². The fraction of sp³-hybridized carbons (Fsp3) is 0.136. The smallest absolute Gasteiger partial charge is 0.272 e. The SMILES string of the molecule is Nc1ncnc2c1nc(SC1=COC(c3ccccc3Br)O1)n2CCc1ccccc1[N+](=O)[O-]. The fourth-order valence-electron chi connectivity index (χ4n) is 3.57. The number of halogens is 1. The number of hydrogen-bond acceptors (Lipinski definition) is 9. The molecule has 0 aliphatic carbocycles. The summed E-state index contributed by atoms with van der Waals surface area (Å²) in [5.41, 5.74) is 8.56. The van der Waals surface area contributed by atoms with E-state index in [0.29, 0.717) is 39.9 Å². The van der Waals surface area contributed by atoms with Gasteiger partial charge in [0.05, 0.1) is 4.92 Å². The number of fused-ring (bicyclic) bond motifs is 1. The second kappa shape index (κ2) is 9.31. The summed E-state index contributed by atoms with van der Waals surface area (Å²) in [6.07, 6.45) is 2.71. The Balaban J connectivity index is 1.42. The van der Waals surface area contributed by atoms with E-state index in [4.69, 9.17) is 15.2 Å². The lowest BCUT2D eigenvalue weighted by atomic mass is 10.1. The lowest BCUT2D eigenvalue weighted by Crippen LogP contribution is -2.06. The lowest BCUT2D eigenvalue weighted by Gasteiger charge is -2.13. The molecule has 2 aromatic carbocycles. The number of nitro benzene ring substituents is 1. The zero-order chi connectivity index (χ0) is 23.7. The zero-order valence-electron chi connectivity index (χ0n) is 17.5. The third-order valence-electron chi connectivity index (χ3n) is 5.18. The summed E-state index contributed by atoms with van der Waals surface area (Å²) < 4.78 is 14.4. The normalized spacial score (nSPS) is 15.1. The molecule has 34 heavy (non-hydrogen) atoms. The molecule has 2 N–H and O–H groups in total. The van der Waals surface area contributed by atoms with Crippen molar-refractivity contribution in [2.45, 2.75) is 24.4 Å². The standard InChI is InChI=1S/C22H17BrN6O4S/c23-15-7-3-2-6-14(15)21-32-11-17(33-21)34-22-27-18-19(24)25-12-26-20(18)28(22)10-9-13-5-1-4-8-16(13)29(30)31/h1-8,11-12,21H,9-10H2,(H2,24,25,26). The Hall–Kier alpha value is -3.64. The number of nitrogen functional groups attached to an aromatic ring is 1. The minimum atomic E-state index is -0.590. The molecule has 1 aliphatic heterocycles. The number of thioether (sulfide) groups is 1. The highest BCUT2D eigenvalue weighted by Crippen LogP contribution is 2.40. The van der Waals surface area contributed by atoms with Gasteiger partial charge in [-0.05, 0) is 24.2 Å². The van der Waals surface area contributed by atoms with Crippen LogP contribution < -0.4 is 5.73 Å². The van der Waals surface area contributed by atoms with E-state index in [2.05, 4.69) is 30.9 Å². The molecule has 1 unspecified atom stereocenters. The van der Waals surface area contributed by atoms with Crippen LogP contribution in [-0.4, -0.2) is 24.4 Å². The molecule has 0 saturated heterocycles. The van der Waals surface area contributed by atoms with Crippen LogP contribution in [0, 0.1) is 10.1 Å². The summed E-state index contributed by atoms with van der Waals surface area (Å²) in [6.45, 7) is 0.391. The van der Waals surface area contributed by atoms with Crippen LogP contribution in [0.2, 0.25) is 0 Å². The van der Waals surface area contributed by atoms with Gasteiger partial charge in [-0.15, -0.1) is 0 Å². The predicted octanol–water partition coefficient (Wildman–Crippen LogP) is 4.96. The summed E-state index contributed by atoms with van der Waals surface area (Å²) in [5.74, 6) is 0.250. The molecule has 12 heteroatoms. The number of anilines is 1. The summed E-state index contributed by atoms with van der Waals surface area (Å²) in [5, 5.41) is 12.5. The molecule has 0 amide bonds. The van der Waals surface area contributed by atoms with Gasteiger partial charge in [0.1, 0.15) is 12.6 Å². The molecule has 3 heterocycles. The van der Waals surface area contributed by atoms with Crippen molar-refractivity contribution in [1.82, 2.24) is 19.5 Å². The zero-order valence-corrected chi connectivity index (χ0v) is 19.9. The maximum Gasteiger partial charge on any atom is 0.272 e. The second-order valence-corrected chi connectivity index (χ2v) is 9.09. The van der Waals surface area contributed by atoms with Gasteiger partial charge in [-0.3, -0.25) is 10.1 Å². The van der Waals surface area contributed by atoms with E-state index in [1.807, 2.05) is 28.8 Å². The third kappa shape index (κ3) is 4.29. The van der Waals surface area contributed by atoms with Crippen LogP contribution in [0.1, 0.15) is 17.4 Å². The first kappa shape index (κ1) is 22.2. The van der Waals surface area contributed by atoms with Gasteiger partial charge < -0.3 is 19.8 Å². The van der Waals surface area contributed by atoms with E-state index in [1.54, 1.807) is 18.2 Å². The van der Waals surface area contributed by atoms with Crippen LogP contribution in [0.3, 0.4) is 0 Å². The van der Waals surface area contributed by atoms with Gasteiger partial charge in [0.15, 0.2) is 22.1 Å². The Morgan fingerprint density at radius 3 is 2.79 bits per heavy atom. The van der Waals surface area contributed by atoms with Crippen LogP contribution in [-0.2, 0) is 22.4 Å². The van der Waals surface area contributed by atoms with E-state index in [9.17, 15) is 10.1 Å². The Morgan fingerprint density at radius 2 is 1.97 bits per heavy atom. The van der Waals surface area contributed by atoms with Crippen molar-refractivity contribution in [2.24, 2.45) is 0 Å². The van der Waals surface area contributed by atoms with Crippen molar-refractivity contribution < 1.29 is 14.4 Å². The number of nitrogens with two attached hydrogens (primary N) is 1. The van der Waals surface area contributed by atoms with Crippen LogP contribution in [0.5, 0.6) is 0 Å². The van der Waals surface area contributed by atoms with E-state index in [0.717, 1.165) is 10.0 Å². The van der Waals surface area contributed by atoms with Gasteiger partial charge in [-0.1, -0.05) is 52.3 Å². The topological polar surface area (TPSA) is 131 Å². The van der Waals surface area contributed by atoms with Crippen molar-refractivity contribution in [3.8, 4) is 0 Å². The quantitative estimate of drug-likeness (QED) is 0.255. The molecule has 0 fully saturated rings. The molecule has 0 spiro atoms. The second-order valence-electron chi connectivity index (χ2n) is 7.26. The maximum atomic E-state index is 11.4. The molecule has 0 saturated carbocycles. The van der Waals surface area contributed by atoms with Gasteiger partial charge in [0, 0.05) is 28.2 Å². The molecule has 0 radical (unpaired) electrons. The van der Waals surface area contributed by atoms with Crippen LogP contribution in [0.15, 0.2) is 75.8 Å². The average molecular weight is 541 g/mol. The highest BCUT2D eigenvalue weighted by atomic mass is 79.9. The van der Waals surface area contributed by atoms with Crippen LogP contribution in [0.25, 0.3) is 11.2 Å². The number of benzene rings is 2. The number of para-hydroxylation sites is 1. The van der Waals surface area contributed by atoms with Crippen LogP contribution in [0.4, 0.5) is 11.5 Å². The largest absolute Gasteiger partial charge is 0.454 e. The third-order valence-corrected chi connectivity index (χ3v) is 6.79. The number of imidazole rings is 1. The molecule has 1 atom stereocenters. The summed E-state index contributed by atoms with van der Waals surface area (Å²) in [7, 11) is 0. The summed E-state index contributed by atoms with van der Waals surface area (Å²) in [6, 6.07) is 14.3. The maximum absolute atomic E-state index is 11.4. The molecule has 2 aromatic heterocycles. The molecule has 10 nitrogen and oxygen atoms in total. The first-order valence-electron chi connectivity index (χ1n) is 10.1. The average Bonchev–Trinajstić information content (AvgIpc) is 3.43. The van der Waals surface area contributed by atoms with Crippen molar-refractivity contribution >= 4 is 50.4 Å². The van der Waals surface area contributed by atoms with Gasteiger partial charge in [-0.2, -0.15) is 0 Å². The number of nitrogens with zero attached hydrogens (tertiary/aromatic N) is 5. The molecular weight excluding hydrogens is 524 g/mol. The molecule has 5 rings (SSSR count). The van der Waals surface area contributed by atoms with E-state index >= 15 is 0 Å². The molecule has 0 bridgehead atoms. The number of nitro groups is 1. The molecule has 4 aromatic rings. The Labute approximate surface area is 206 Å². The number of aromatic nitrogens is 4. The first-order valence-corrected chi connectivity index (χ1v) is 11.8. The highest BCUT2D eigenvalue weighted by Gasteiger charge is 2.26. The van der Waals surface area contributed by atoms with Crippen molar-refractivity contribution in [1.29, 1.82) is 0 Å². The minimum Gasteiger partial charge on any atom is -0.454 e. The van der Waals surface area contributed by atoms with Crippen LogP contribution >= 0.6 is 27.7 Å². The number of rotatable bonds is 7. The lowest BCUT2D eigenvalue weighted by molar-refractivity contribution is -0.385. The first-order chi connectivity index (χ1) is 16.5. The van der Waals surface area contributed by atoms with E-state index in [1.165, 1.54) is 30.4 Å². The Bertz CT molecular complexity index is 1430. The van der Waals surface area contributed by atoms with Crippen molar-refractivity contribution in [3.05, 3.63) is 91.9 Å². The minimum absolute atomic E-state index is 0.0711. The molecule has 172 valence electrons. The Morgan fingerprint density at radius 1 is 1.18 bits per heavy atom. The number of aryl methyl sites for hydroxylation is 2. The number of ether oxygens (including phenoxy) is 2. The molecule has 1 aliphatic rings. The highest BCUT2D eigenvalue weighted by molar-refractivity contribution is 9.10. The van der Waals surface area contributed by atoms with Gasteiger partial charge in [0.2, 0.25) is 5.09 Å². The van der Waals surface area contributed by atoms with E-state index in [-0.39, 0.29) is 16.4 Å². The fourth-order valence-corrected chi connectivity index (χ4v) is 4.88. The van der Waals surface area contributed by atoms with Crippen molar-refractivity contribution in [2.75, 3.05) is 5.73 Å². The summed E-state index contributed by atoms with van der Waals surface area (Å²) >= 11 is 4.77. The molecular formula is C22H17BrN6O4S.